The van der Waals surface area contributed by atoms with Gasteiger partial charge in [-0.05, 0) is 17.9 Å². The normalized spacial score (nSPS) is 20.6. The number of alkyl carbamates (subject to hydrolysis) is 1. The lowest BCUT2D eigenvalue weighted by Crippen LogP contribution is -2.53. The van der Waals surface area contributed by atoms with E-state index in [-0.39, 0.29) is 30.7 Å². The minimum atomic E-state index is -3.42. The van der Waals surface area contributed by atoms with Crippen LogP contribution in [-0.4, -0.2) is 80.2 Å². The third-order valence-corrected chi connectivity index (χ3v) is 6.81. The lowest BCUT2D eigenvalue weighted by molar-refractivity contribution is -0.125. The molecule has 0 spiro atoms. The number of carbonyl (C=O) groups is 4. The molecule has 0 saturated heterocycles. The van der Waals surface area contributed by atoms with Crippen molar-refractivity contribution in [3.05, 3.63) is 46.7 Å². The third kappa shape index (κ3) is 8.81. The molecule has 4 atom stereocenters. The molecule has 4 amide bonds. The van der Waals surface area contributed by atoms with Crippen molar-refractivity contribution in [3.63, 3.8) is 0 Å². The fourth-order valence-electron chi connectivity index (χ4n) is 3.19. The number of sulfone groups is 1. The van der Waals surface area contributed by atoms with Crippen LogP contribution in [0.3, 0.4) is 0 Å². The van der Waals surface area contributed by atoms with E-state index >= 15 is 0 Å². The topological polar surface area (TPSA) is 194 Å². The van der Waals surface area contributed by atoms with E-state index in [0.717, 1.165) is 6.26 Å². The predicted octanol–water partition coefficient (Wildman–Crippen LogP) is -0.777. The summed E-state index contributed by atoms with van der Waals surface area (Å²) in [6.45, 7) is 3.57. The third-order valence-electron chi connectivity index (χ3n) is 4.96. The average Bonchev–Trinajstić information content (AvgIpc) is 3.31. The van der Waals surface area contributed by atoms with Gasteiger partial charge < -0.3 is 31.5 Å². The number of primary amides is 1. The van der Waals surface area contributed by atoms with E-state index < -0.39 is 57.9 Å². The fraction of sp³-hybridized carbons (Fsp3) is 0.429. The maximum absolute atomic E-state index is 12.9. The van der Waals surface area contributed by atoms with Crippen molar-refractivity contribution in [3.8, 4) is 0 Å². The summed E-state index contributed by atoms with van der Waals surface area (Å²) in [4.78, 5) is 49.6. The predicted molar refractivity (Wildman–Crippen MR) is 128 cm³/mol. The van der Waals surface area contributed by atoms with Gasteiger partial charge in [0, 0.05) is 24.8 Å². The molecule has 0 saturated carbocycles. The Kier molecular flexibility index (Phi) is 9.98. The first-order valence-electron chi connectivity index (χ1n) is 10.5. The minimum absolute atomic E-state index is 0.00101. The van der Waals surface area contributed by atoms with Crippen LogP contribution in [0.4, 0.5) is 4.79 Å². The molecule has 2 rings (SSSR count). The molecule has 12 nitrogen and oxygen atoms in total. The zero-order valence-electron chi connectivity index (χ0n) is 18.9. The van der Waals surface area contributed by atoms with Crippen molar-refractivity contribution < 1.29 is 37.4 Å². The monoisotopic (exact) mass is 528 g/mol. The van der Waals surface area contributed by atoms with Crippen molar-refractivity contribution in [2.24, 2.45) is 5.73 Å². The van der Waals surface area contributed by atoms with Crippen molar-refractivity contribution in [2.75, 3.05) is 18.6 Å². The molecule has 1 aromatic rings. The Balaban J connectivity index is 2.24. The van der Waals surface area contributed by atoms with E-state index in [0.29, 0.717) is 4.88 Å². The van der Waals surface area contributed by atoms with Crippen LogP contribution in [0.1, 0.15) is 22.5 Å². The summed E-state index contributed by atoms with van der Waals surface area (Å²) in [7, 11) is -3.42. The van der Waals surface area contributed by atoms with Gasteiger partial charge in [0.2, 0.25) is 11.8 Å². The molecule has 1 heterocycles. The van der Waals surface area contributed by atoms with Crippen molar-refractivity contribution in [1.29, 1.82) is 0 Å². The van der Waals surface area contributed by atoms with Crippen LogP contribution >= 0.6 is 11.3 Å². The van der Waals surface area contributed by atoms with Crippen LogP contribution in [0.25, 0.3) is 0 Å². The molecule has 1 aliphatic rings. The second kappa shape index (κ2) is 12.5. The molecule has 35 heavy (non-hydrogen) atoms. The van der Waals surface area contributed by atoms with Gasteiger partial charge in [0.1, 0.15) is 28.1 Å². The van der Waals surface area contributed by atoms with Gasteiger partial charge in [0.15, 0.2) is 0 Å². The van der Waals surface area contributed by atoms with Crippen LogP contribution in [-0.2, 0) is 24.2 Å². The van der Waals surface area contributed by atoms with E-state index in [2.05, 4.69) is 22.5 Å². The number of rotatable bonds is 11. The van der Waals surface area contributed by atoms with Gasteiger partial charge in [-0.3, -0.25) is 14.4 Å². The number of nitrogens with one attached hydrogen (secondary N) is 3. The molecule has 1 aliphatic carbocycles. The first-order chi connectivity index (χ1) is 16.4. The van der Waals surface area contributed by atoms with E-state index in [4.69, 9.17) is 10.5 Å². The summed E-state index contributed by atoms with van der Waals surface area (Å²) in [5.74, 6) is -2.62. The van der Waals surface area contributed by atoms with Crippen LogP contribution in [0.15, 0.2) is 41.8 Å². The van der Waals surface area contributed by atoms with Gasteiger partial charge in [-0.2, -0.15) is 0 Å². The highest BCUT2D eigenvalue weighted by Crippen LogP contribution is 2.24. The SMILES string of the molecule is C=CCNC(=O)O[C@@H]1CC(C(=O)N[C@@H](CCS(C)(=O)=O)C(N)=O)=C[C@@H](NC(=O)c2cccs2)[C@H]1O. The molecule has 6 N–H and O–H groups in total. The summed E-state index contributed by atoms with van der Waals surface area (Å²) >= 11 is 1.17. The van der Waals surface area contributed by atoms with Crippen LogP contribution in [0.5, 0.6) is 0 Å². The average molecular weight is 529 g/mol. The number of aliphatic hydroxyl groups is 1. The molecule has 0 bridgehead atoms. The lowest BCUT2D eigenvalue weighted by atomic mass is 9.89. The zero-order chi connectivity index (χ0) is 26.2. The highest BCUT2D eigenvalue weighted by Gasteiger charge is 2.38. The highest BCUT2D eigenvalue weighted by molar-refractivity contribution is 7.90. The maximum atomic E-state index is 12.9. The van der Waals surface area contributed by atoms with E-state index in [9.17, 15) is 32.7 Å². The summed E-state index contributed by atoms with van der Waals surface area (Å²) in [5, 5.41) is 19.8. The highest BCUT2D eigenvalue weighted by atomic mass is 32.2. The molecule has 1 aromatic heterocycles. The Morgan fingerprint density at radius 3 is 2.63 bits per heavy atom. The largest absolute Gasteiger partial charge is 0.443 e. The standard InChI is InChI=1S/C21H28N4O8S2/c1-3-7-23-21(30)33-15-11-12(19(28)24-13(18(22)27)6-9-35(2,31)32)10-14(17(15)26)25-20(29)16-5-4-8-34-16/h3-5,8,10,13-15,17,26H,1,6-7,9,11H2,2H3,(H2,22,27)(H,23,30)(H,24,28)(H,25,29)/t13-,14+,15+,17+/m0/s1. The summed E-state index contributed by atoms with van der Waals surface area (Å²) in [6, 6.07) is 0.850. The van der Waals surface area contributed by atoms with Gasteiger partial charge in [0.25, 0.3) is 5.91 Å². The summed E-state index contributed by atoms with van der Waals surface area (Å²) < 4.78 is 28.1. The number of thiophene rings is 1. The van der Waals surface area contributed by atoms with Gasteiger partial charge in [-0.15, -0.1) is 17.9 Å². The molecule has 0 aromatic carbocycles. The smallest absolute Gasteiger partial charge is 0.407 e. The Bertz CT molecular complexity index is 1080. The zero-order valence-corrected chi connectivity index (χ0v) is 20.6. The first kappa shape index (κ1) is 28.0. The molecule has 0 fully saturated rings. The van der Waals surface area contributed by atoms with Crippen LogP contribution in [0, 0.1) is 0 Å². The van der Waals surface area contributed by atoms with Crippen molar-refractivity contribution in [2.45, 2.75) is 37.1 Å². The Morgan fingerprint density at radius 1 is 1.34 bits per heavy atom. The van der Waals surface area contributed by atoms with Gasteiger partial charge in [-0.1, -0.05) is 18.2 Å². The number of amides is 4. The van der Waals surface area contributed by atoms with Gasteiger partial charge in [0.05, 0.1) is 16.7 Å². The molecular weight excluding hydrogens is 500 g/mol. The maximum Gasteiger partial charge on any atom is 0.407 e. The van der Waals surface area contributed by atoms with Crippen molar-refractivity contribution in [1.82, 2.24) is 16.0 Å². The van der Waals surface area contributed by atoms with Crippen LogP contribution in [0.2, 0.25) is 0 Å². The number of hydrogen-bond donors (Lipinski definition) is 5. The number of aliphatic hydroxyl groups excluding tert-OH is 1. The first-order valence-corrected chi connectivity index (χ1v) is 13.4. The molecule has 14 heteroatoms. The molecule has 0 unspecified atom stereocenters. The van der Waals surface area contributed by atoms with E-state index in [1.165, 1.54) is 23.5 Å². The van der Waals surface area contributed by atoms with Crippen molar-refractivity contribution >= 4 is 45.0 Å². The lowest BCUT2D eigenvalue weighted by Gasteiger charge is -2.33. The molecule has 0 radical (unpaired) electrons. The van der Waals surface area contributed by atoms with E-state index in [1.54, 1.807) is 17.5 Å². The Hall–Kier alpha value is -3.23. The van der Waals surface area contributed by atoms with E-state index in [1.807, 2.05) is 0 Å². The molecule has 192 valence electrons. The molecule has 0 aliphatic heterocycles. The Morgan fingerprint density at radius 2 is 2.06 bits per heavy atom. The van der Waals surface area contributed by atoms with Crippen LogP contribution < -0.4 is 21.7 Å². The fourth-order valence-corrected chi connectivity index (χ4v) is 4.48. The molecular formula is C21H28N4O8S2. The second-order valence-corrected chi connectivity index (χ2v) is 11.0. The summed E-state index contributed by atoms with van der Waals surface area (Å²) in [5.41, 5.74) is 5.30. The number of nitrogens with two attached hydrogens (primary N) is 1. The van der Waals surface area contributed by atoms with Gasteiger partial charge in [-0.25, -0.2) is 13.2 Å². The quantitative estimate of drug-likeness (QED) is 0.231. The van der Waals surface area contributed by atoms with Gasteiger partial charge >= 0.3 is 6.09 Å². The second-order valence-electron chi connectivity index (χ2n) is 7.82. The minimum Gasteiger partial charge on any atom is -0.443 e. The number of hydrogen-bond acceptors (Lipinski definition) is 9. The number of carbonyl (C=O) groups excluding carboxylic acids is 4. The summed E-state index contributed by atoms with van der Waals surface area (Å²) in [6.07, 6.45) is -0.261. The Labute approximate surface area is 206 Å². The number of ether oxygens (including phenoxy) is 1.